The third kappa shape index (κ3) is 4.48. The van der Waals surface area contributed by atoms with Crippen molar-refractivity contribution in [3.63, 3.8) is 0 Å². The van der Waals surface area contributed by atoms with E-state index in [0.29, 0.717) is 12.0 Å². The van der Waals surface area contributed by atoms with Crippen LogP contribution in [-0.2, 0) is 10.0 Å². The number of nitro groups is 1. The van der Waals surface area contributed by atoms with Crippen LogP contribution >= 0.6 is 0 Å². The number of hydrogen-bond acceptors (Lipinski definition) is 5. The molecule has 0 bridgehead atoms. The largest absolute Gasteiger partial charge is 0.396 e. The molecular weight excluding hydrogens is 296 g/mol. The lowest BCUT2D eigenvalue weighted by atomic mass is 9.90. The highest BCUT2D eigenvalue weighted by Crippen LogP contribution is 2.27. The zero-order valence-electron chi connectivity index (χ0n) is 12.3. The Morgan fingerprint density at radius 2 is 2.00 bits per heavy atom. The van der Waals surface area contributed by atoms with Gasteiger partial charge in [-0.25, -0.2) is 13.1 Å². The zero-order valence-corrected chi connectivity index (χ0v) is 13.1. The summed E-state index contributed by atoms with van der Waals surface area (Å²) in [7, 11) is -3.99. The summed E-state index contributed by atoms with van der Waals surface area (Å²) in [5, 5.41) is 19.9. The molecule has 1 aromatic rings. The average Bonchev–Trinajstić information content (AvgIpc) is 2.36. The van der Waals surface area contributed by atoms with Crippen molar-refractivity contribution in [1.29, 1.82) is 0 Å². The van der Waals surface area contributed by atoms with E-state index in [4.69, 9.17) is 5.11 Å². The summed E-state index contributed by atoms with van der Waals surface area (Å²) >= 11 is 0. The topological polar surface area (TPSA) is 110 Å². The number of nitrogens with one attached hydrogen (secondary N) is 1. The van der Waals surface area contributed by atoms with Crippen LogP contribution in [0.15, 0.2) is 23.1 Å². The van der Waals surface area contributed by atoms with Crippen LogP contribution in [0.1, 0.15) is 25.8 Å². The first kappa shape index (κ1) is 17.5. The molecule has 0 saturated heterocycles. The van der Waals surface area contributed by atoms with Crippen LogP contribution in [0.2, 0.25) is 0 Å². The van der Waals surface area contributed by atoms with E-state index in [1.807, 2.05) is 0 Å². The molecule has 118 valence electrons. The number of sulfonamides is 1. The molecule has 21 heavy (non-hydrogen) atoms. The van der Waals surface area contributed by atoms with Gasteiger partial charge in [-0.3, -0.25) is 10.1 Å². The Labute approximate surface area is 124 Å². The number of nitrogens with zero attached hydrogens (tertiary/aromatic N) is 1. The highest BCUT2D eigenvalue weighted by Gasteiger charge is 2.29. The molecule has 0 heterocycles. The maximum absolute atomic E-state index is 12.4. The van der Waals surface area contributed by atoms with E-state index in [2.05, 4.69) is 4.72 Å². The van der Waals surface area contributed by atoms with Gasteiger partial charge < -0.3 is 5.11 Å². The fraction of sp³-hybridized carbons (Fsp3) is 0.538. The van der Waals surface area contributed by atoms with Crippen molar-refractivity contribution in [2.75, 3.05) is 13.2 Å². The lowest BCUT2D eigenvalue weighted by Gasteiger charge is -2.23. The number of benzene rings is 1. The Morgan fingerprint density at radius 1 is 1.38 bits per heavy atom. The van der Waals surface area contributed by atoms with Crippen LogP contribution in [0.5, 0.6) is 0 Å². The van der Waals surface area contributed by atoms with Gasteiger partial charge in [0.05, 0.1) is 4.92 Å². The monoisotopic (exact) mass is 316 g/mol. The average molecular weight is 316 g/mol. The predicted octanol–water partition coefficient (Wildman–Crippen LogP) is 1.59. The quantitative estimate of drug-likeness (QED) is 0.586. The minimum Gasteiger partial charge on any atom is -0.396 e. The Balaban J connectivity index is 3.12. The van der Waals surface area contributed by atoms with Crippen molar-refractivity contribution in [3.05, 3.63) is 33.9 Å². The molecule has 2 N–H and O–H groups in total. The molecule has 0 atom stereocenters. The number of aliphatic hydroxyl groups is 1. The third-order valence-electron chi connectivity index (χ3n) is 3.19. The maximum atomic E-state index is 12.4. The third-order valence-corrected chi connectivity index (χ3v) is 4.78. The Morgan fingerprint density at radius 3 is 2.52 bits per heavy atom. The number of hydrogen-bond donors (Lipinski definition) is 2. The van der Waals surface area contributed by atoms with Crippen molar-refractivity contribution in [2.45, 2.75) is 32.1 Å². The lowest BCUT2D eigenvalue weighted by molar-refractivity contribution is -0.387. The van der Waals surface area contributed by atoms with Gasteiger partial charge >= 0.3 is 0 Å². The number of aliphatic hydroxyl groups excluding tert-OH is 1. The van der Waals surface area contributed by atoms with Gasteiger partial charge in [-0.15, -0.1) is 0 Å². The first-order valence-corrected chi connectivity index (χ1v) is 7.93. The number of rotatable bonds is 7. The second-order valence-electron chi connectivity index (χ2n) is 5.64. The van der Waals surface area contributed by atoms with E-state index in [0.717, 1.165) is 0 Å². The van der Waals surface area contributed by atoms with Gasteiger partial charge in [-0.05, 0) is 24.3 Å². The number of aryl methyl sites for hydroxylation is 1. The summed E-state index contributed by atoms with van der Waals surface area (Å²) < 4.78 is 27.1. The molecule has 0 spiro atoms. The van der Waals surface area contributed by atoms with E-state index >= 15 is 0 Å². The summed E-state index contributed by atoms with van der Waals surface area (Å²) in [6.45, 7) is 5.15. The van der Waals surface area contributed by atoms with Crippen molar-refractivity contribution in [3.8, 4) is 0 Å². The summed E-state index contributed by atoms with van der Waals surface area (Å²) in [6.07, 6.45) is 0.422. The summed E-state index contributed by atoms with van der Waals surface area (Å²) in [6, 6.07) is 4.13. The van der Waals surface area contributed by atoms with Crippen molar-refractivity contribution in [1.82, 2.24) is 4.72 Å². The van der Waals surface area contributed by atoms with Crippen LogP contribution in [0.4, 0.5) is 5.69 Å². The fourth-order valence-electron chi connectivity index (χ4n) is 1.88. The molecule has 0 saturated carbocycles. The van der Waals surface area contributed by atoms with Gasteiger partial charge in [0.15, 0.2) is 4.90 Å². The molecule has 0 radical (unpaired) electrons. The molecule has 0 aliphatic rings. The van der Waals surface area contributed by atoms with E-state index in [1.165, 1.54) is 25.1 Å². The molecule has 0 unspecified atom stereocenters. The van der Waals surface area contributed by atoms with Gasteiger partial charge in [0.1, 0.15) is 0 Å². The molecule has 0 fully saturated rings. The van der Waals surface area contributed by atoms with Crippen LogP contribution in [0.3, 0.4) is 0 Å². The zero-order chi connectivity index (χ0) is 16.3. The van der Waals surface area contributed by atoms with Crippen LogP contribution in [0.25, 0.3) is 0 Å². The standard InChI is InChI=1S/C13H20N2O5S/c1-10-5-4-6-11(15(17)18)12(10)21(19,20)14-9-13(2,3)7-8-16/h4-6,14,16H,7-9H2,1-3H3. The van der Waals surface area contributed by atoms with Gasteiger partial charge in [0, 0.05) is 19.2 Å². The normalized spacial score (nSPS) is 12.4. The lowest BCUT2D eigenvalue weighted by Crippen LogP contribution is -2.35. The SMILES string of the molecule is Cc1cccc([N+](=O)[O-])c1S(=O)(=O)NCC(C)(C)CCO. The molecule has 0 aliphatic heterocycles. The molecule has 0 aromatic heterocycles. The smallest absolute Gasteiger partial charge is 0.289 e. The second kappa shape index (κ2) is 6.50. The molecule has 1 aromatic carbocycles. The van der Waals surface area contributed by atoms with E-state index in [9.17, 15) is 18.5 Å². The highest BCUT2D eigenvalue weighted by atomic mass is 32.2. The predicted molar refractivity (Wildman–Crippen MR) is 78.5 cm³/mol. The first-order valence-electron chi connectivity index (χ1n) is 6.45. The van der Waals surface area contributed by atoms with Crippen LogP contribution in [-0.4, -0.2) is 31.6 Å². The van der Waals surface area contributed by atoms with Crippen LogP contribution < -0.4 is 4.72 Å². The summed E-state index contributed by atoms with van der Waals surface area (Å²) in [5.41, 5.74) is -0.571. The minimum atomic E-state index is -3.99. The molecule has 0 aliphatic carbocycles. The second-order valence-corrected chi connectivity index (χ2v) is 7.35. The van der Waals surface area contributed by atoms with E-state index in [1.54, 1.807) is 13.8 Å². The minimum absolute atomic E-state index is 0.0563. The molecular formula is C13H20N2O5S. The molecule has 7 nitrogen and oxygen atoms in total. The number of nitro benzene ring substituents is 1. The van der Waals surface area contributed by atoms with Crippen molar-refractivity contribution >= 4 is 15.7 Å². The fourth-order valence-corrected chi connectivity index (χ4v) is 3.52. The maximum Gasteiger partial charge on any atom is 0.289 e. The van der Waals surface area contributed by atoms with Gasteiger partial charge in [0.25, 0.3) is 5.69 Å². The molecule has 8 heteroatoms. The van der Waals surface area contributed by atoms with E-state index in [-0.39, 0.29) is 18.0 Å². The van der Waals surface area contributed by atoms with Gasteiger partial charge in [-0.2, -0.15) is 0 Å². The Kier molecular flexibility index (Phi) is 5.43. The Hall–Kier alpha value is -1.51. The van der Waals surface area contributed by atoms with E-state index < -0.39 is 26.0 Å². The Bertz CT molecular complexity index is 625. The first-order chi connectivity index (χ1) is 9.60. The molecule has 1 rings (SSSR count). The summed E-state index contributed by atoms with van der Waals surface area (Å²) in [4.78, 5) is 9.99. The van der Waals surface area contributed by atoms with Gasteiger partial charge in [-0.1, -0.05) is 26.0 Å². The van der Waals surface area contributed by atoms with Crippen LogP contribution in [0, 0.1) is 22.5 Å². The van der Waals surface area contributed by atoms with Gasteiger partial charge in [0.2, 0.25) is 10.0 Å². The van der Waals surface area contributed by atoms with Crippen molar-refractivity contribution < 1.29 is 18.4 Å². The summed E-state index contributed by atoms with van der Waals surface area (Å²) in [5.74, 6) is 0. The highest BCUT2D eigenvalue weighted by molar-refractivity contribution is 7.89. The van der Waals surface area contributed by atoms with Crippen molar-refractivity contribution in [2.24, 2.45) is 5.41 Å². The molecule has 0 amide bonds.